The first-order chi connectivity index (χ1) is 8.63. The zero-order chi connectivity index (χ0) is 13.5. The summed E-state index contributed by atoms with van der Waals surface area (Å²) in [4.78, 5) is 23.0. The third-order valence-corrected chi connectivity index (χ3v) is 2.80. The van der Waals surface area contributed by atoms with E-state index in [9.17, 15) is 9.59 Å². The van der Waals surface area contributed by atoms with Crippen LogP contribution in [0.3, 0.4) is 0 Å². The van der Waals surface area contributed by atoms with Crippen molar-refractivity contribution in [3.8, 4) is 0 Å². The van der Waals surface area contributed by atoms with Crippen LogP contribution in [0.25, 0.3) is 0 Å². The van der Waals surface area contributed by atoms with Gasteiger partial charge in [-0.3, -0.25) is 4.79 Å². The molecule has 0 N–H and O–H groups in total. The summed E-state index contributed by atoms with van der Waals surface area (Å²) in [6, 6.07) is 6.85. The minimum absolute atomic E-state index is 0.248. The summed E-state index contributed by atoms with van der Waals surface area (Å²) in [7, 11) is 2.72. The molecule has 0 spiro atoms. The average Bonchev–Trinajstić information content (AvgIpc) is 2.43. The van der Waals surface area contributed by atoms with Crippen LogP contribution in [0.1, 0.15) is 41.6 Å². The molecule has 0 aliphatic carbocycles. The normalized spacial score (nSPS) is 11.7. The van der Waals surface area contributed by atoms with Gasteiger partial charge >= 0.3 is 11.9 Å². The van der Waals surface area contributed by atoms with Gasteiger partial charge in [0.15, 0.2) is 0 Å². The van der Waals surface area contributed by atoms with Crippen molar-refractivity contribution in [2.75, 3.05) is 14.2 Å². The number of carbonyl (C=O) groups is 2. The lowest BCUT2D eigenvalue weighted by Gasteiger charge is -2.14. The average molecular weight is 250 g/mol. The number of carbonyl (C=O) groups excluding carboxylic acids is 2. The first kappa shape index (κ1) is 14.2. The molecule has 0 aliphatic heterocycles. The Balaban J connectivity index is 2.93. The molecule has 0 fully saturated rings. The fraction of sp³-hybridized carbons (Fsp3) is 0.429. The number of benzene rings is 1. The first-order valence-electron chi connectivity index (χ1n) is 5.90. The van der Waals surface area contributed by atoms with Crippen LogP contribution in [-0.2, 0) is 14.3 Å². The van der Waals surface area contributed by atoms with Gasteiger partial charge in [-0.15, -0.1) is 0 Å². The van der Waals surface area contributed by atoms with Crippen molar-refractivity contribution in [2.24, 2.45) is 0 Å². The third kappa shape index (κ3) is 3.32. The number of hydrogen-bond acceptors (Lipinski definition) is 4. The summed E-state index contributed by atoms with van der Waals surface area (Å²) in [5, 5.41) is 0. The number of ether oxygens (including phenoxy) is 2. The smallest absolute Gasteiger partial charge is 0.337 e. The van der Waals surface area contributed by atoms with E-state index in [1.807, 2.05) is 6.92 Å². The first-order valence-corrected chi connectivity index (χ1v) is 5.90. The van der Waals surface area contributed by atoms with Crippen LogP contribution in [0.15, 0.2) is 24.3 Å². The van der Waals surface area contributed by atoms with E-state index < -0.39 is 0 Å². The Bertz CT molecular complexity index is 408. The number of methoxy groups -OCH3 is 2. The van der Waals surface area contributed by atoms with Crippen molar-refractivity contribution < 1.29 is 19.1 Å². The summed E-state index contributed by atoms with van der Waals surface area (Å²) in [6.45, 7) is 2.01. The molecule has 0 aromatic heterocycles. The summed E-state index contributed by atoms with van der Waals surface area (Å²) in [6.07, 6.45) is 1.61. The monoisotopic (exact) mass is 250 g/mol. The van der Waals surface area contributed by atoms with Gasteiger partial charge in [-0.2, -0.15) is 0 Å². The highest BCUT2D eigenvalue weighted by atomic mass is 16.5. The molecule has 18 heavy (non-hydrogen) atoms. The quantitative estimate of drug-likeness (QED) is 0.753. The minimum atomic E-state index is -0.383. The summed E-state index contributed by atoms with van der Waals surface area (Å²) in [5.41, 5.74) is 1.33. The van der Waals surface area contributed by atoms with Crippen LogP contribution >= 0.6 is 0 Å². The van der Waals surface area contributed by atoms with Crippen molar-refractivity contribution in [1.82, 2.24) is 0 Å². The Labute approximate surface area is 107 Å². The van der Waals surface area contributed by atoms with E-state index in [0.29, 0.717) is 5.56 Å². The number of esters is 2. The maximum absolute atomic E-state index is 11.7. The Morgan fingerprint density at radius 2 is 1.72 bits per heavy atom. The molecule has 0 aliphatic rings. The molecule has 1 atom stereocenters. The van der Waals surface area contributed by atoms with E-state index in [1.54, 1.807) is 24.3 Å². The van der Waals surface area contributed by atoms with Crippen molar-refractivity contribution in [3.05, 3.63) is 35.4 Å². The van der Waals surface area contributed by atoms with Crippen molar-refractivity contribution >= 4 is 11.9 Å². The van der Waals surface area contributed by atoms with Crippen molar-refractivity contribution in [2.45, 2.75) is 25.7 Å². The van der Waals surface area contributed by atoms with Crippen LogP contribution in [0.5, 0.6) is 0 Å². The van der Waals surface area contributed by atoms with E-state index in [-0.39, 0.29) is 17.9 Å². The molecule has 98 valence electrons. The summed E-state index contributed by atoms with van der Waals surface area (Å²) >= 11 is 0. The second-order valence-corrected chi connectivity index (χ2v) is 3.98. The van der Waals surface area contributed by atoms with Gasteiger partial charge in [0.2, 0.25) is 0 Å². The minimum Gasteiger partial charge on any atom is -0.469 e. The highest BCUT2D eigenvalue weighted by molar-refractivity contribution is 5.89. The summed E-state index contributed by atoms with van der Waals surface area (Å²) < 4.78 is 9.41. The van der Waals surface area contributed by atoms with Gasteiger partial charge in [0, 0.05) is 0 Å². The molecule has 0 unspecified atom stereocenters. The topological polar surface area (TPSA) is 52.6 Å². The predicted molar refractivity (Wildman–Crippen MR) is 67.4 cm³/mol. The standard InChI is InChI=1S/C14H18O4/c1-4-5-12(14(16)18-3)10-6-8-11(9-7-10)13(15)17-2/h6-9,12H,4-5H2,1-3H3/t12-/m0/s1. The van der Waals surface area contributed by atoms with Crippen LogP contribution in [-0.4, -0.2) is 26.2 Å². The highest BCUT2D eigenvalue weighted by Gasteiger charge is 2.20. The Hall–Kier alpha value is -1.84. The van der Waals surface area contributed by atoms with Crippen LogP contribution in [0.4, 0.5) is 0 Å². The van der Waals surface area contributed by atoms with Gasteiger partial charge in [-0.1, -0.05) is 25.5 Å². The molecule has 0 amide bonds. The molecule has 1 aromatic rings. The lowest BCUT2D eigenvalue weighted by Crippen LogP contribution is -2.14. The largest absolute Gasteiger partial charge is 0.469 e. The second-order valence-electron chi connectivity index (χ2n) is 3.98. The molecule has 0 bridgehead atoms. The van der Waals surface area contributed by atoms with Crippen LogP contribution in [0, 0.1) is 0 Å². The predicted octanol–water partition coefficient (Wildman–Crippen LogP) is 2.53. The Morgan fingerprint density at radius 3 is 2.17 bits per heavy atom. The van der Waals surface area contributed by atoms with Crippen molar-refractivity contribution in [3.63, 3.8) is 0 Å². The van der Waals surface area contributed by atoms with Crippen LogP contribution in [0.2, 0.25) is 0 Å². The van der Waals surface area contributed by atoms with Gasteiger partial charge in [-0.05, 0) is 24.1 Å². The maximum atomic E-state index is 11.7. The molecule has 0 saturated carbocycles. The van der Waals surface area contributed by atoms with Gasteiger partial charge in [0.05, 0.1) is 25.7 Å². The molecular formula is C14H18O4. The molecule has 0 heterocycles. The zero-order valence-corrected chi connectivity index (χ0v) is 10.9. The van der Waals surface area contributed by atoms with Gasteiger partial charge in [0.1, 0.15) is 0 Å². The Kier molecular flexibility index (Phi) is 5.36. The molecular weight excluding hydrogens is 232 g/mol. The van der Waals surface area contributed by atoms with E-state index in [1.165, 1.54) is 14.2 Å². The summed E-state index contributed by atoms with van der Waals surface area (Å²) in [5.74, 6) is -0.902. The van der Waals surface area contributed by atoms with Crippen LogP contribution < -0.4 is 0 Å². The van der Waals surface area contributed by atoms with E-state index in [2.05, 4.69) is 4.74 Å². The highest BCUT2D eigenvalue weighted by Crippen LogP contribution is 2.23. The lowest BCUT2D eigenvalue weighted by molar-refractivity contribution is -0.142. The molecule has 1 rings (SSSR count). The van der Waals surface area contributed by atoms with Crippen molar-refractivity contribution in [1.29, 1.82) is 0 Å². The molecule has 4 heteroatoms. The number of rotatable bonds is 5. The third-order valence-electron chi connectivity index (χ3n) is 2.80. The van der Waals surface area contributed by atoms with E-state index in [4.69, 9.17) is 4.74 Å². The molecule has 0 saturated heterocycles. The van der Waals surface area contributed by atoms with Gasteiger partial charge in [-0.25, -0.2) is 4.79 Å². The van der Waals surface area contributed by atoms with Gasteiger partial charge < -0.3 is 9.47 Å². The molecule has 1 aromatic carbocycles. The zero-order valence-electron chi connectivity index (χ0n) is 10.9. The molecule has 0 radical (unpaired) electrons. The van der Waals surface area contributed by atoms with Gasteiger partial charge in [0.25, 0.3) is 0 Å². The fourth-order valence-corrected chi connectivity index (χ4v) is 1.82. The number of hydrogen-bond donors (Lipinski definition) is 0. The second kappa shape index (κ2) is 6.79. The molecule has 4 nitrogen and oxygen atoms in total. The fourth-order valence-electron chi connectivity index (χ4n) is 1.82. The Morgan fingerprint density at radius 1 is 1.11 bits per heavy atom. The maximum Gasteiger partial charge on any atom is 0.337 e. The van der Waals surface area contributed by atoms with E-state index in [0.717, 1.165) is 18.4 Å². The van der Waals surface area contributed by atoms with E-state index >= 15 is 0 Å². The SMILES string of the molecule is CCC[C@H](C(=O)OC)c1ccc(C(=O)OC)cc1. The lowest BCUT2D eigenvalue weighted by atomic mass is 9.94.